The molecule has 2 N–H and O–H groups in total. The number of aromatic nitrogens is 1. The minimum atomic E-state index is -0.480. The topological polar surface area (TPSA) is 107 Å². The smallest absolute Gasteiger partial charge is 0.306 e. The van der Waals surface area contributed by atoms with Gasteiger partial charge in [0.15, 0.2) is 6.61 Å². The molecule has 37 heavy (non-hydrogen) atoms. The molecule has 0 atom stereocenters. The van der Waals surface area contributed by atoms with Crippen molar-refractivity contribution >= 4 is 40.1 Å². The summed E-state index contributed by atoms with van der Waals surface area (Å²) in [6.45, 7) is 2.07. The average Bonchev–Trinajstić information content (AvgIpc) is 2.92. The standard InChI is InChI=1S/C29H27N3O5/c1-2-36-25-16-13-24(14-17-25)32-29(35)21-8-11-23(12-9-21)31-27(33)19-37-28(34)18-15-22-10-7-20-5-3-4-6-26(20)30-22/h3-14,16-17H,2,15,18-19H2,1H3,(H,31,33)(H,32,35). The molecule has 8 heteroatoms. The monoisotopic (exact) mass is 497 g/mol. The first kappa shape index (κ1) is 25.4. The maximum absolute atomic E-state index is 12.5. The molecule has 8 nitrogen and oxygen atoms in total. The molecule has 188 valence electrons. The van der Waals surface area contributed by atoms with Crippen LogP contribution in [0.2, 0.25) is 0 Å². The number of carbonyl (C=O) groups excluding carboxylic acids is 3. The summed E-state index contributed by atoms with van der Waals surface area (Å²) in [7, 11) is 0. The van der Waals surface area contributed by atoms with E-state index in [-0.39, 0.29) is 12.3 Å². The van der Waals surface area contributed by atoms with Crippen molar-refractivity contribution in [3.05, 3.63) is 96.2 Å². The third-order valence-corrected chi connectivity index (χ3v) is 5.46. The fraction of sp³-hybridized carbons (Fsp3) is 0.172. The van der Waals surface area contributed by atoms with Crippen molar-refractivity contribution in [1.29, 1.82) is 0 Å². The predicted molar refractivity (Wildman–Crippen MR) is 142 cm³/mol. The lowest BCUT2D eigenvalue weighted by Crippen LogP contribution is -2.21. The van der Waals surface area contributed by atoms with Gasteiger partial charge in [0.2, 0.25) is 0 Å². The maximum atomic E-state index is 12.5. The van der Waals surface area contributed by atoms with Gasteiger partial charge in [-0.3, -0.25) is 19.4 Å². The molecule has 0 spiro atoms. The Kier molecular flexibility index (Phi) is 8.44. The number of anilines is 2. The van der Waals surface area contributed by atoms with Gasteiger partial charge >= 0.3 is 5.97 Å². The van der Waals surface area contributed by atoms with Gasteiger partial charge < -0.3 is 20.1 Å². The lowest BCUT2D eigenvalue weighted by atomic mass is 10.1. The number of esters is 1. The van der Waals surface area contributed by atoms with E-state index < -0.39 is 18.5 Å². The molecule has 4 rings (SSSR count). The molecule has 0 fully saturated rings. The van der Waals surface area contributed by atoms with Crippen LogP contribution in [0, 0.1) is 0 Å². The fourth-order valence-corrected chi connectivity index (χ4v) is 3.60. The van der Waals surface area contributed by atoms with E-state index in [4.69, 9.17) is 9.47 Å². The highest BCUT2D eigenvalue weighted by molar-refractivity contribution is 6.04. The number of rotatable bonds is 10. The number of para-hydroxylation sites is 1. The molecular weight excluding hydrogens is 470 g/mol. The Morgan fingerprint density at radius 2 is 1.51 bits per heavy atom. The van der Waals surface area contributed by atoms with E-state index in [0.717, 1.165) is 22.3 Å². The molecule has 0 radical (unpaired) electrons. The number of fused-ring (bicyclic) bond motifs is 1. The van der Waals surface area contributed by atoms with Crippen molar-refractivity contribution in [2.24, 2.45) is 0 Å². The van der Waals surface area contributed by atoms with E-state index in [2.05, 4.69) is 15.6 Å². The van der Waals surface area contributed by atoms with E-state index in [0.29, 0.717) is 30.0 Å². The molecular formula is C29H27N3O5. The summed E-state index contributed by atoms with van der Waals surface area (Å²) in [6.07, 6.45) is 0.544. The van der Waals surface area contributed by atoms with Crippen LogP contribution in [0.1, 0.15) is 29.4 Å². The number of hydrogen-bond acceptors (Lipinski definition) is 6. The van der Waals surface area contributed by atoms with Crippen LogP contribution in [0.3, 0.4) is 0 Å². The summed E-state index contributed by atoms with van der Waals surface area (Å²) in [5.41, 5.74) is 3.21. The van der Waals surface area contributed by atoms with Crippen LogP contribution < -0.4 is 15.4 Å². The van der Waals surface area contributed by atoms with Crippen LogP contribution in [-0.4, -0.2) is 36.0 Å². The SMILES string of the molecule is CCOc1ccc(NC(=O)c2ccc(NC(=O)COC(=O)CCc3ccc4ccccc4n3)cc2)cc1. The van der Waals surface area contributed by atoms with Crippen molar-refractivity contribution in [3.63, 3.8) is 0 Å². The number of hydrogen-bond donors (Lipinski definition) is 2. The molecule has 1 heterocycles. The summed E-state index contributed by atoms with van der Waals surface area (Å²) in [4.78, 5) is 41.3. The number of pyridine rings is 1. The zero-order chi connectivity index (χ0) is 26.0. The Bertz CT molecular complexity index is 1390. The molecule has 0 aliphatic heterocycles. The second-order valence-electron chi connectivity index (χ2n) is 8.19. The summed E-state index contributed by atoms with van der Waals surface area (Å²) >= 11 is 0. The summed E-state index contributed by atoms with van der Waals surface area (Å²) in [6, 6.07) is 25.1. The zero-order valence-electron chi connectivity index (χ0n) is 20.4. The average molecular weight is 498 g/mol. The van der Waals surface area contributed by atoms with Crippen molar-refractivity contribution in [1.82, 2.24) is 4.98 Å². The number of aryl methyl sites for hydroxylation is 1. The first-order chi connectivity index (χ1) is 18.0. The molecule has 0 saturated carbocycles. The lowest BCUT2D eigenvalue weighted by molar-refractivity contribution is -0.147. The number of ether oxygens (including phenoxy) is 2. The molecule has 1 aromatic heterocycles. The Labute approximate surface area is 214 Å². The van der Waals surface area contributed by atoms with Gasteiger partial charge in [0.05, 0.1) is 18.5 Å². The van der Waals surface area contributed by atoms with Crippen molar-refractivity contribution < 1.29 is 23.9 Å². The fourth-order valence-electron chi connectivity index (χ4n) is 3.60. The normalized spacial score (nSPS) is 10.5. The van der Waals surface area contributed by atoms with E-state index in [1.807, 2.05) is 43.3 Å². The third kappa shape index (κ3) is 7.38. The van der Waals surface area contributed by atoms with Gasteiger partial charge in [-0.1, -0.05) is 24.3 Å². The lowest BCUT2D eigenvalue weighted by Gasteiger charge is -2.09. The van der Waals surface area contributed by atoms with E-state index >= 15 is 0 Å². The minimum Gasteiger partial charge on any atom is -0.494 e. The summed E-state index contributed by atoms with van der Waals surface area (Å²) < 4.78 is 10.5. The number of nitrogens with one attached hydrogen (secondary N) is 2. The Balaban J connectivity index is 1.20. The highest BCUT2D eigenvalue weighted by Crippen LogP contribution is 2.17. The van der Waals surface area contributed by atoms with Gasteiger partial charge in [0.1, 0.15) is 5.75 Å². The van der Waals surface area contributed by atoms with Crippen LogP contribution in [-0.2, 0) is 20.7 Å². The molecule has 3 aromatic carbocycles. The molecule has 0 saturated heterocycles. The Morgan fingerprint density at radius 1 is 0.811 bits per heavy atom. The quantitative estimate of drug-likeness (QED) is 0.299. The number of carbonyl (C=O) groups is 3. The van der Waals surface area contributed by atoms with Crippen LogP contribution in [0.15, 0.2) is 84.9 Å². The first-order valence-electron chi connectivity index (χ1n) is 11.9. The second kappa shape index (κ2) is 12.3. The molecule has 4 aromatic rings. The van der Waals surface area contributed by atoms with Gasteiger partial charge in [0.25, 0.3) is 11.8 Å². The second-order valence-corrected chi connectivity index (χ2v) is 8.19. The van der Waals surface area contributed by atoms with Gasteiger partial charge in [-0.2, -0.15) is 0 Å². The predicted octanol–water partition coefficient (Wildman–Crippen LogP) is 5.00. The maximum Gasteiger partial charge on any atom is 0.306 e. The first-order valence-corrected chi connectivity index (χ1v) is 11.9. The van der Waals surface area contributed by atoms with E-state index in [1.54, 1.807) is 48.5 Å². The van der Waals surface area contributed by atoms with Gasteiger partial charge in [-0.25, -0.2) is 0 Å². The largest absolute Gasteiger partial charge is 0.494 e. The molecule has 0 bridgehead atoms. The summed E-state index contributed by atoms with van der Waals surface area (Å²) in [5.74, 6) is -0.500. The zero-order valence-corrected chi connectivity index (χ0v) is 20.4. The van der Waals surface area contributed by atoms with E-state index in [9.17, 15) is 14.4 Å². The van der Waals surface area contributed by atoms with Crippen molar-refractivity contribution in [3.8, 4) is 5.75 Å². The third-order valence-electron chi connectivity index (χ3n) is 5.46. The highest BCUT2D eigenvalue weighted by atomic mass is 16.5. The highest BCUT2D eigenvalue weighted by Gasteiger charge is 2.11. The molecule has 0 aliphatic rings. The van der Waals surface area contributed by atoms with Crippen LogP contribution in [0.5, 0.6) is 5.75 Å². The van der Waals surface area contributed by atoms with Crippen molar-refractivity contribution in [2.45, 2.75) is 19.8 Å². The molecule has 0 unspecified atom stereocenters. The number of benzene rings is 3. The Hall–Kier alpha value is -4.72. The molecule has 0 aliphatic carbocycles. The van der Waals surface area contributed by atoms with Crippen molar-refractivity contribution in [2.75, 3.05) is 23.8 Å². The minimum absolute atomic E-state index is 0.122. The van der Waals surface area contributed by atoms with Gasteiger partial charge in [-0.15, -0.1) is 0 Å². The number of amides is 2. The number of nitrogens with zero attached hydrogens (tertiary/aromatic N) is 1. The van der Waals surface area contributed by atoms with Crippen LogP contribution in [0.25, 0.3) is 10.9 Å². The van der Waals surface area contributed by atoms with Crippen LogP contribution >= 0.6 is 0 Å². The van der Waals surface area contributed by atoms with Gasteiger partial charge in [-0.05, 0) is 67.6 Å². The summed E-state index contributed by atoms with van der Waals surface area (Å²) in [5, 5.41) is 6.49. The van der Waals surface area contributed by atoms with Crippen LogP contribution in [0.4, 0.5) is 11.4 Å². The molecule has 2 amide bonds. The Morgan fingerprint density at radius 3 is 2.27 bits per heavy atom. The van der Waals surface area contributed by atoms with E-state index in [1.165, 1.54) is 0 Å². The van der Waals surface area contributed by atoms with Gasteiger partial charge in [0, 0.05) is 34.4 Å².